The summed E-state index contributed by atoms with van der Waals surface area (Å²) in [6.45, 7) is 0. The number of hydrogen-bond donors (Lipinski definition) is 2. The zero-order valence-electron chi connectivity index (χ0n) is 12.5. The number of primary amides is 1. The van der Waals surface area contributed by atoms with Crippen LogP contribution in [0.3, 0.4) is 0 Å². The Balaban J connectivity index is 2.65. The average Bonchev–Trinajstić information content (AvgIpc) is 2.50. The number of rotatable bonds is 8. The van der Waals surface area contributed by atoms with Gasteiger partial charge in [0.2, 0.25) is 11.8 Å². The molecule has 0 heterocycles. The van der Waals surface area contributed by atoms with Gasteiger partial charge in [-0.25, -0.2) is 0 Å². The van der Waals surface area contributed by atoms with Crippen LogP contribution in [0.15, 0.2) is 24.3 Å². The lowest BCUT2D eigenvalue weighted by molar-refractivity contribution is -0.384. The van der Waals surface area contributed by atoms with Gasteiger partial charge in [0.05, 0.1) is 18.5 Å². The molecule has 0 aliphatic heterocycles. The normalized spacial score (nSPS) is 11.3. The first-order valence-corrected chi connectivity index (χ1v) is 6.72. The molecule has 1 aromatic rings. The zero-order chi connectivity index (χ0) is 17.4. The molecule has 0 spiro atoms. The van der Waals surface area contributed by atoms with Crippen molar-refractivity contribution in [3.8, 4) is 0 Å². The predicted octanol–water partition coefficient (Wildman–Crippen LogP) is 0.0606. The second-order valence-electron chi connectivity index (χ2n) is 4.74. The Labute approximate surface area is 131 Å². The molecule has 3 N–H and O–H groups in total. The molecule has 0 aliphatic carbocycles. The summed E-state index contributed by atoms with van der Waals surface area (Å²) in [5.74, 6) is -1.83. The van der Waals surface area contributed by atoms with Crippen LogP contribution in [0.5, 0.6) is 0 Å². The summed E-state index contributed by atoms with van der Waals surface area (Å²) >= 11 is 0. The number of esters is 1. The number of amides is 2. The average molecular weight is 323 g/mol. The highest BCUT2D eigenvalue weighted by atomic mass is 16.6. The maximum atomic E-state index is 11.9. The lowest BCUT2D eigenvalue weighted by Crippen LogP contribution is -2.45. The van der Waals surface area contributed by atoms with Gasteiger partial charge in [-0.3, -0.25) is 24.5 Å². The number of ether oxygens (including phenoxy) is 1. The summed E-state index contributed by atoms with van der Waals surface area (Å²) in [5, 5.41) is 13.1. The van der Waals surface area contributed by atoms with Crippen LogP contribution < -0.4 is 11.1 Å². The van der Waals surface area contributed by atoms with Gasteiger partial charge in [-0.05, 0) is 12.0 Å². The highest BCUT2D eigenvalue weighted by Crippen LogP contribution is 2.13. The van der Waals surface area contributed by atoms with Gasteiger partial charge in [0.15, 0.2) is 0 Å². The third-order valence-electron chi connectivity index (χ3n) is 3.03. The quantitative estimate of drug-likeness (QED) is 0.393. The lowest BCUT2D eigenvalue weighted by atomic mass is 10.1. The van der Waals surface area contributed by atoms with Gasteiger partial charge in [0.1, 0.15) is 6.04 Å². The van der Waals surface area contributed by atoms with Crippen LogP contribution in [0.1, 0.15) is 18.4 Å². The van der Waals surface area contributed by atoms with E-state index in [0.29, 0.717) is 5.56 Å². The molecule has 0 unspecified atom stereocenters. The Morgan fingerprint density at radius 1 is 1.39 bits per heavy atom. The third kappa shape index (κ3) is 6.12. The van der Waals surface area contributed by atoms with Crippen molar-refractivity contribution in [3.05, 3.63) is 39.9 Å². The number of nitro groups is 1. The number of carbonyl (C=O) groups is 3. The summed E-state index contributed by atoms with van der Waals surface area (Å²) in [6, 6.07) is 4.58. The van der Waals surface area contributed by atoms with Gasteiger partial charge in [0.25, 0.3) is 5.69 Å². The molecule has 9 nitrogen and oxygen atoms in total. The molecule has 0 saturated heterocycles. The topological polar surface area (TPSA) is 142 Å². The monoisotopic (exact) mass is 323 g/mol. The Hall–Kier alpha value is -2.97. The lowest BCUT2D eigenvalue weighted by Gasteiger charge is -2.14. The van der Waals surface area contributed by atoms with Crippen LogP contribution in [0.4, 0.5) is 5.69 Å². The van der Waals surface area contributed by atoms with Crippen LogP contribution in [-0.4, -0.2) is 35.9 Å². The molecule has 1 atom stereocenters. The molecule has 0 radical (unpaired) electrons. The van der Waals surface area contributed by atoms with Crippen LogP contribution in [0.25, 0.3) is 0 Å². The van der Waals surface area contributed by atoms with E-state index < -0.39 is 28.7 Å². The van der Waals surface area contributed by atoms with Gasteiger partial charge in [0, 0.05) is 18.6 Å². The van der Waals surface area contributed by atoms with Crippen LogP contribution in [-0.2, 0) is 25.5 Å². The zero-order valence-corrected chi connectivity index (χ0v) is 12.5. The van der Waals surface area contributed by atoms with Crippen molar-refractivity contribution < 1.29 is 24.0 Å². The van der Waals surface area contributed by atoms with E-state index in [1.54, 1.807) is 6.07 Å². The largest absolute Gasteiger partial charge is 0.469 e. The molecule has 1 aromatic carbocycles. The molecule has 0 aromatic heterocycles. The van der Waals surface area contributed by atoms with Gasteiger partial charge in [-0.1, -0.05) is 12.1 Å². The van der Waals surface area contributed by atoms with E-state index in [0.717, 1.165) is 0 Å². The van der Waals surface area contributed by atoms with Crippen molar-refractivity contribution >= 4 is 23.5 Å². The van der Waals surface area contributed by atoms with Crippen molar-refractivity contribution in [1.29, 1.82) is 0 Å². The van der Waals surface area contributed by atoms with Gasteiger partial charge < -0.3 is 15.8 Å². The summed E-state index contributed by atoms with van der Waals surface area (Å²) in [4.78, 5) is 44.4. The number of benzene rings is 1. The van der Waals surface area contributed by atoms with E-state index in [2.05, 4.69) is 10.1 Å². The van der Waals surface area contributed by atoms with Gasteiger partial charge >= 0.3 is 5.97 Å². The number of methoxy groups -OCH3 is 1. The second kappa shape index (κ2) is 8.47. The number of non-ortho nitro benzene ring substituents is 1. The number of nitrogens with zero attached hydrogens (tertiary/aromatic N) is 1. The van der Waals surface area contributed by atoms with Crippen molar-refractivity contribution in [2.75, 3.05) is 7.11 Å². The minimum absolute atomic E-state index is 0.0166. The predicted molar refractivity (Wildman–Crippen MR) is 79.2 cm³/mol. The molecule has 9 heteroatoms. The molecule has 0 aliphatic rings. The summed E-state index contributed by atoms with van der Waals surface area (Å²) < 4.78 is 4.45. The highest BCUT2D eigenvalue weighted by molar-refractivity contribution is 5.87. The third-order valence-corrected chi connectivity index (χ3v) is 3.03. The molecular weight excluding hydrogens is 306 g/mol. The van der Waals surface area contributed by atoms with Crippen LogP contribution >= 0.6 is 0 Å². The summed E-state index contributed by atoms with van der Waals surface area (Å²) in [7, 11) is 1.21. The fraction of sp³-hybridized carbons (Fsp3) is 0.357. The van der Waals surface area contributed by atoms with Crippen molar-refractivity contribution in [1.82, 2.24) is 5.32 Å². The van der Waals surface area contributed by atoms with Crippen LogP contribution in [0.2, 0.25) is 0 Å². The first kappa shape index (κ1) is 18.1. The Morgan fingerprint density at radius 3 is 2.65 bits per heavy atom. The minimum atomic E-state index is -1.01. The fourth-order valence-electron chi connectivity index (χ4n) is 1.86. The number of hydrogen-bond acceptors (Lipinski definition) is 6. The molecule has 1 rings (SSSR count). The summed E-state index contributed by atoms with van der Waals surface area (Å²) in [6.07, 6.45) is -0.201. The Bertz CT molecular complexity index is 616. The van der Waals surface area contributed by atoms with Crippen molar-refractivity contribution in [3.63, 3.8) is 0 Å². The van der Waals surface area contributed by atoms with Crippen LogP contribution in [0, 0.1) is 10.1 Å². The van der Waals surface area contributed by atoms with E-state index in [4.69, 9.17) is 5.73 Å². The minimum Gasteiger partial charge on any atom is -0.469 e. The second-order valence-corrected chi connectivity index (χ2v) is 4.74. The van der Waals surface area contributed by atoms with Gasteiger partial charge in [-0.2, -0.15) is 0 Å². The smallest absolute Gasteiger partial charge is 0.305 e. The number of nitrogens with one attached hydrogen (secondary N) is 1. The van der Waals surface area contributed by atoms with Crippen molar-refractivity contribution in [2.24, 2.45) is 5.73 Å². The van der Waals surface area contributed by atoms with E-state index in [9.17, 15) is 24.5 Å². The molecule has 0 saturated carbocycles. The molecule has 2 amide bonds. The Kier molecular flexibility index (Phi) is 6.66. The molecule has 124 valence electrons. The van der Waals surface area contributed by atoms with E-state index >= 15 is 0 Å². The number of nitro benzene ring substituents is 1. The maximum absolute atomic E-state index is 11.9. The molecule has 0 fully saturated rings. The van der Waals surface area contributed by atoms with Crippen molar-refractivity contribution in [2.45, 2.75) is 25.3 Å². The standard InChI is InChI=1S/C14H17N3O6/c1-23-13(19)6-5-11(14(15)20)16-12(18)8-9-3-2-4-10(7-9)17(21)22/h2-4,7,11H,5-6,8H2,1H3,(H2,15,20)(H,16,18)/t11-/m1/s1. The fourth-order valence-corrected chi connectivity index (χ4v) is 1.86. The highest BCUT2D eigenvalue weighted by Gasteiger charge is 2.20. The first-order valence-electron chi connectivity index (χ1n) is 6.72. The summed E-state index contributed by atoms with van der Waals surface area (Å²) in [5.41, 5.74) is 5.47. The number of carbonyl (C=O) groups excluding carboxylic acids is 3. The molecule has 23 heavy (non-hydrogen) atoms. The molecular formula is C14H17N3O6. The molecule has 0 bridgehead atoms. The SMILES string of the molecule is COC(=O)CC[C@@H](NC(=O)Cc1cccc([N+](=O)[O-])c1)C(N)=O. The Morgan fingerprint density at radius 2 is 2.09 bits per heavy atom. The van der Waals surface area contributed by atoms with E-state index in [1.165, 1.54) is 25.3 Å². The van der Waals surface area contributed by atoms with E-state index in [-0.39, 0.29) is 24.9 Å². The maximum Gasteiger partial charge on any atom is 0.305 e. The van der Waals surface area contributed by atoms with Gasteiger partial charge in [-0.15, -0.1) is 0 Å². The number of nitrogens with two attached hydrogens (primary N) is 1. The first-order chi connectivity index (χ1) is 10.8. The van der Waals surface area contributed by atoms with E-state index in [1.807, 2.05) is 0 Å².